The van der Waals surface area contributed by atoms with Crippen molar-refractivity contribution >= 4 is 17.7 Å². The van der Waals surface area contributed by atoms with Crippen molar-refractivity contribution < 1.29 is 4.79 Å². The summed E-state index contributed by atoms with van der Waals surface area (Å²) in [5.41, 5.74) is 2.31. The van der Waals surface area contributed by atoms with Crippen LogP contribution in [0.4, 0.5) is 5.69 Å². The van der Waals surface area contributed by atoms with Gasteiger partial charge in [-0.2, -0.15) is 0 Å². The molecule has 0 bridgehead atoms. The molecule has 0 saturated heterocycles. The lowest BCUT2D eigenvalue weighted by atomic mass is 10.2. The maximum atomic E-state index is 10.6. The summed E-state index contributed by atoms with van der Waals surface area (Å²) in [4.78, 5) is 12.7. The molecule has 1 aromatic carbocycles. The molecule has 3 heteroatoms. The van der Waals surface area contributed by atoms with Crippen molar-refractivity contribution in [3.8, 4) is 0 Å². The van der Waals surface area contributed by atoms with Gasteiger partial charge in [0.25, 0.3) is 0 Å². The summed E-state index contributed by atoms with van der Waals surface area (Å²) >= 11 is 0. The fraction of sp³-hybridized carbons (Fsp3) is 0.308. The first-order valence-electron chi connectivity index (χ1n) is 5.28. The number of hydrogen-bond acceptors (Lipinski definition) is 2. The minimum atomic E-state index is -0.00685. The largest absolute Gasteiger partial charge is 0.378 e. The number of amides is 1. The van der Waals surface area contributed by atoms with Crippen LogP contribution in [0.2, 0.25) is 0 Å². The lowest BCUT2D eigenvalue weighted by Crippen LogP contribution is -2.19. The van der Waals surface area contributed by atoms with Crippen LogP contribution < -0.4 is 10.2 Å². The van der Waals surface area contributed by atoms with Gasteiger partial charge in [-0.05, 0) is 17.7 Å². The molecule has 3 nitrogen and oxygen atoms in total. The van der Waals surface area contributed by atoms with Crippen molar-refractivity contribution in [1.29, 1.82) is 0 Å². The van der Waals surface area contributed by atoms with E-state index in [9.17, 15) is 4.79 Å². The quantitative estimate of drug-likeness (QED) is 0.837. The van der Waals surface area contributed by atoms with Crippen molar-refractivity contribution in [3.05, 3.63) is 35.9 Å². The van der Waals surface area contributed by atoms with E-state index in [0.29, 0.717) is 6.54 Å². The summed E-state index contributed by atoms with van der Waals surface area (Å²) in [6.45, 7) is 2.09. The number of carbonyl (C=O) groups is 1. The first-order chi connectivity index (χ1) is 7.59. The molecule has 0 unspecified atom stereocenters. The van der Waals surface area contributed by atoms with Gasteiger partial charge in [0, 0.05) is 33.3 Å². The highest BCUT2D eigenvalue weighted by atomic mass is 16.1. The summed E-state index contributed by atoms with van der Waals surface area (Å²) in [5, 5.41) is 2.71. The molecular weight excluding hydrogens is 200 g/mol. The van der Waals surface area contributed by atoms with E-state index in [0.717, 1.165) is 5.56 Å². The lowest BCUT2D eigenvalue weighted by Gasteiger charge is -2.11. The van der Waals surface area contributed by atoms with Gasteiger partial charge < -0.3 is 10.2 Å². The third-order valence-corrected chi connectivity index (χ3v) is 2.19. The molecule has 1 rings (SSSR count). The molecule has 16 heavy (non-hydrogen) atoms. The van der Waals surface area contributed by atoms with Crippen LogP contribution in [0.25, 0.3) is 6.08 Å². The molecular formula is C13H18N2O. The minimum Gasteiger partial charge on any atom is -0.378 e. The van der Waals surface area contributed by atoms with Crippen molar-refractivity contribution in [2.75, 3.05) is 25.5 Å². The minimum absolute atomic E-state index is 0.00685. The van der Waals surface area contributed by atoms with E-state index < -0.39 is 0 Å². The molecule has 0 aliphatic rings. The monoisotopic (exact) mass is 218 g/mol. The Hall–Kier alpha value is -1.77. The third-order valence-electron chi connectivity index (χ3n) is 2.19. The first kappa shape index (κ1) is 12.3. The van der Waals surface area contributed by atoms with Gasteiger partial charge in [-0.1, -0.05) is 24.3 Å². The molecule has 0 aliphatic carbocycles. The van der Waals surface area contributed by atoms with E-state index >= 15 is 0 Å². The standard InChI is InChI=1S/C13H18N2O/c1-11(16)14-10-4-5-12-6-8-13(9-7-12)15(2)3/h4-9H,10H2,1-3H3,(H,14,16). The predicted octanol–water partition coefficient (Wildman–Crippen LogP) is 1.90. The van der Waals surface area contributed by atoms with Crippen molar-refractivity contribution in [2.45, 2.75) is 6.92 Å². The molecule has 1 aromatic rings. The third kappa shape index (κ3) is 4.17. The number of nitrogens with zero attached hydrogens (tertiary/aromatic N) is 1. The van der Waals surface area contributed by atoms with Crippen molar-refractivity contribution in [3.63, 3.8) is 0 Å². The van der Waals surface area contributed by atoms with Gasteiger partial charge in [-0.3, -0.25) is 4.79 Å². The Balaban J connectivity index is 2.51. The first-order valence-corrected chi connectivity index (χ1v) is 5.28. The zero-order chi connectivity index (χ0) is 12.0. The van der Waals surface area contributed by atoms with E-state index in [1.54, 1.807) is 0 Å². The highest BCUT2D eigenvalue weighted by Gasteiger charge is 1.93. The van der Waals surface area contributed by atoms with Gasteiger partial charge in [0.1, 0.15) is 0 Å². The second-order valence-electron chi connectivity index (χ2n) is 3.83. The Kier molecular flexibility index (Phi) is 4.58. The van der Waals surface area contributed by atoms with E-state index in [1.807, 2.05) is 26.2 Å². The zero-order valence-electron chi connectivity index (χ0n) is 10.0. The normalized spacial score (nSPS) is 10.4. The number of nitrogens with one attached hydrogen (secondary N) is 1. The number of rotatable bonds is 4. The number of hydrogen-bond donors (Lipinski definition) is 1. The van der Waals surface area contributed by atoms with Crippen LogP contribution in [-0.4, -0.2) is 26.5 Å². The van der Waals surface area contributed by atoms with E-state index in [1.165, 1.54) is 12.6 Å². The summed E-state index contributed by atoms with van der Waals surface area (Å²) in [6.07, 6.45) is 3.93. The maximum absolute atomic E-state index is 10.6. The van der Waals surface area contributed by atoms with Crippen LogP contribution >= 0.6 is 0 Å². The molecule has 0 atom stereocenters. The molecule has 1 N–H and O–H groups in total. The highest BCUT2D eigenvalue weighted by molar-refractivity contribution is 5.73. The van der Waals surface area contributed by atoms with Crippen LogP contribution in [-0.2, 0) is 4.79 Å². The van der Waals surface area contributed by atoms with Gasteiger partial charge in [0.2, 0.25) is 5.91 Å². The Morgan fingerprint density at radius 3 is 2.44 bits per heavy atom. The number of carbonyl (C=O) groups excluding carboxylic acids is 1. The SMILES string of the molecule is CC(=O)NCC=Cc1ccc(N(C)C)cc1. The molecule has 0 aliphatic heterocycles. The Labute approximate surface area is 96.8 Å². The summed E-state index contributed by atoms with van der Waals surface area (Å²) < 4.78 is 0. The fourth-order valence-corrected chi connectivity index (χ4v) is 1.28. The van der Waals surface area contributed by atoms with Crippen LogP contribution in [0.5, 0.6) is 0 Å². The molecule has 0 radical (unpaired) electrons. The Morgan fingerprint density at radius 2 is 1.94 bits per heavy atom. The molecule has 86 valence electrons. The van der Waals surface area contributed by atoms with E-state index in [-0.39, 0.29) is 5.91 Å². The Morgan fingerprint density at radius 1 is 1.31 bits per heavy atom. The van der Waals surface area contributed by atoms with Crippen LogP contribution in [0, 0.1) is 0 Å². The molecule has 0 heterocycles. The van der Waals surface area contributed by atoms with E-state index in [2.05, 4.69) is 34.5 Å². The van der Waals surface area contributed by atoms with Gasteiger partial charge >= 0.3 is 0 Å². The van der Waals surface area contributed by atoms with E-state index in [4.69, 9.17) is 0 Å². The highest BCUT2D eigenvalue weighted by Crippen LogP contribution is 2.12. The van der Waals surface area contributed by atoms with Crippen molar-refractivity contribution in [1.82, 2.24) is 5.32 Å². The van der Waals surface area contributed by atoms with Gasteiger partial charge in [0.05, 0.1) is 0 Å². The van der Waals surface area contributed by atoms with Crippen LogP contribution in [0.3, 0.4) is 0 Å². The maximum Gasteiger partial charge on any atom is 0.217 e. The van der Waals surface area contributed by atoms with Gasteiger partial charge in [-0.25, -0.2) is 0 Å². The van der Waals surface area contributed by atoms with Crippen LogP contribution in [0.1, 0.15) is 12.5 Å². The zero-order valence-corrected chi connectivity index (χ0v) is 10.0. The Bertz CT molecular complexity index is 366. The van der Waals surface area contributed by atoms with Gasteiger partial charge in [-0.15, -0.1) is 0 Å². The summed E-state index contributed by atoms with van der Waals surface area (Å²) in [5.74, 6) is -0.00685. The molecule has 0 spiro atoms. The number of benzene rings is 1. The molecule has 0 fully saturated rings. The predicted molar refractivity (Wildman–Crippen MR) is 68.5 cm³/mol. The molecule has 0 aromatic heterocycles. The average Bonchev–Trinajstić information content (AvgIpc) is 2.25. The fourth-order valence-electron chi connectivity index (χ4n) is 1.28. The lowest BCUT2D eigenvalue weighted by molar-refractivity contribution is -0.118. The second kappa shape index (κ2) is 5.95. The average molecular weight is 218 g/mol. The summed E-state index contributed by atoms with van der Waals surface area (Å²) in [7, 11) is 4.03. The molecule has 1 amide bonds. The number of anilines is 1. The summed E-state index contributed by atoms with van der Waals surface area (Å²) in [6, 6.07) is 8.25. The second-order valence-corrected chi connectivity index (χ2v) is 3.83. The topological polar surface area (TPSA) is 32.3 Å². The van der Waals surface area contributed by atoms with Gasteiger partial charge in [0.15, 0.2) is 0 Å². The van der Waals surface area contributed by atoms with Crippen molar-refractivity contribution in [2.24, 2.45) is 0 Å². The smallest absolute Gasteiger partial charge is 0.217 e. The molecule has 0 saturated carbocycles. The van der Waals surface area contributed by atoms with Crippen LogP contribution in [0.15, 0.2) is 30.3 Å².